The fourth-order valence-electron chi connectivity index (χ4n) is 0.696. The third kappa shape index (κ3) is 2.77. The highest BCUT2D eigenvalue weighted by Crippen LogP contribution is 2.29. The third-order valence-electron chi connectivity index (χ3n) is 1.26. The van der Waals surface area contributed by atoms with Crippen LogP contribution in [-0.4, -0.2) is 11.3 Å². The van der Waals surface area contributed by atoms with Crippen LogP contribution >= 0.6 is 11.6 Å². The molecule has 1 aromatic rings. The number of alkyl halides is 3. The number of halogens is 4. The van der Waals surface area contributed by atoms with Crippen LogP contribution in [0.2, 0.25) is 5.02 Å². The molecule has 0 aliphatic heterocycles. The summed E-state index contributed by atoms with van der Waals surface area (Å²) >= 11 is 5.51. The van der Waals surface area contributed by atoms with Crippen molar-refractivity contribution in [2.24, 2.45) is 0 Å². The van der Waals surface area contributed by atoms with E-state index in [1.807, 2.05) is 0 Å². The fourth-order valence-corrected chi connectivity index (χ4v) is 0.846. The van der Waals surface area contributed by atoms with Crippen LogP contribution in [0.25, 0.3) is 0 Å². The van der Waals surface area contributed by atoms with Crippen molar-refractivity contribution >= 4 is 11.6 Å². The van der Waals surface area contributed by atoms with Crippen LogP contribution in [0.1, 0.15) is 5.56 Å². The Labute approximate surface area is 77.3 Å². The van der Waals surface area contributed by atoms with Gasteiger partial charge in [-0.2, -0.15) is 0 Å². The van der Waals surface area contributed by atoms with Crippen LogP contribution in [0.4, 0.5) is 13.2 Å². The molecule has 0 atom stereocenters. The fraction of sp³-hybridized carbons (Fsp3) is 0.286. The van der Waals surface area contributed by atoms with E-state index in [-0.39, 0.29) is 5.02 Å². The van der Waals surface area contributed by atoms with Gasteiger partial charge < -0.3 is 4.74 Å². The molecule has 2 nitrogen and oxygen atoms in total. The molecule has 0 N–H and O–H groups in total. The van der Waals surface area contributed by atoms with Crippen LogP contribution in [-0.2, 0) is 0 Å². The van der Waals surface area contributed by atoms with Crippen molar-refractivity contribution in [2.75, 3.05) is 0 Å². The first-order chi connectivity index (χ1) is 5.90. The van der Waals surface area contributed by atoms with Gasteiger partial charge in [-0.25, -0.2) is 4.98 Å². The zero-order valence-electron chi connectivity index (χ0n) is 6.52. The van der Waals surface area contributed by atoms with Gasteiger partial charge in [0.15, 0.2) is 0 Å². The second-order valence-corrected chi connectivity index (χ2v) is 2.67. The number of pyridine rings is 1. The molecule has 0 aromatic carbocycles. The van der Waals surface area contributed by atoms with Crippen molar-refractivity contribution in [1.82, 2.24) is 4.98 Å². The van der Waals surface area contributed by atoms with Gasteiger partial charge in [0.05, 0.1) is 0 Å². The maximum Gasteiger partial charge on any atom is 0.574 e. The molecule has 72 valence electrons. The highest BCUT2D eigenvalue weighted by molar-refractivity contribution is 6.32. The molecule has 13 heavy (non-hydrogen) atoms. The smallest absolute Gasteiger partial charge is 0.386 e. The largest absolute Gasteiger partial charge is 0.574 e. The molecule has 0 spiro atoms. The number of aromatic nitrogens is 1. The average Bonchev–Trinajstić information content (AvgIpc) is 1.96. The van der Waals surface area contributed by atoms with E-state index in [2.05, 4.69) is 9.72 Å². The summed E-state index contributed by atoms with van der Waals surface area (Å²) in [6.45, 7) is 1.56. The van der Waals surface area contributed by atoms with Crippen molar-refractivity contribution in [3.63, 3.8) is 0 Å². The van der Waals surface area contributed by atoms with E-state index in [0.717, 1.165) is 0 Å². The molecule has 0 aliphatic rings. The van der Waals surface area contributed by atoms with Gasteiger partial charge in [0.1, 0.15) is 5.02 Å². The first kappa shape index (κ1) is 10.1. The van der Waals surface area contributed by atoms with Crippen LogP contribution in [0.3, 0.4) is 0 Å². The molecule has 6 heteroatoms. The Morgan fingerprint density at radius 2 is 2.08 bits per heavy atom. The molecule has 0 amide bonds. The second kappa shape index (κ2) is 3.41. The third-order valence-corrected chi connectivity index (χ3v) is 1.72. The first-order valence-electron chi connectivity index (χ1n) is 3.27. The molecular formula is C7H5ClF3NO. The quantitative estimate of drug-likeness (QED) is 0.713. The normalized spacial score (nSPS) is 11.5. The summed E-state index contributed by atoms with van der Waals surface area (Å²) in [5.41, 5.74) is 0.482. The molecule has 0 saturated heterocycles. The summed E-state index contributed by atoms with van der Waals surface area (Å²) in [5.74, 6) is -0.617. The first-order valence-corrected chi connectivity index (χ1v) is 3.65. The van der Waals surface area contributed by atoms with Gasteiger partial charge >= 0.3 is 6.36 Å². The van der Waals surface area contributed by atoms with E-state index < -0.39 is 12.2 Å². The van der Waals surface area contributed by atoms with Gasteiger partial charge in [0.25, 0.3) is 0 Å². The Morgan fingerprint density at radius 1 is 1.46 bits per heavy atom. The zero-order chi connectivity index (χ0) is 10.1. The molecular weight excluding hydrogens is 207 g/mol. The number of aryl methyl sites for hydroxylation is 1. The predicted octanol–water partition coefficient (Wildman–Crippen LogP) is 2.94. The van der Waals surface area contributed by atoms with Crippen molar-refractivity contribution in [3.05, 3.63) is 22.8 Å². The summed E-state index contributed by atoms with van der Waals surface area (Å²) in [4.78, 5) is 3.35. The number of rotatable bonds is 1. The zero-order valence-corrected chi connectivity index (χ0v) is 7.28. The van der Waals surface area contributed by atoms with E-state index in [4.69, 9.17) is 11.6 Å². The molecule has 1 heterocycles. The van der Waals surface area contributed by atoms with E-state index in [1.54, 1.807) is 6.92 Å². The minimum atomic E-state index is -4.76. The Hall–Kier alpha value is -0.970. The second-order valence-electron chi connectivity index (χ2n) is 2.29. The number of ether oxygens (including phenoxy) is 1. The van der Waals surface area contributed by atoms with Gasteiger partial charge in [-0.3, -0.25) is 0 Å². The number of hydrogen-bond donors (Lipinski definition) is 0. The van der Waals surface area contributed by atoms with Crippen LogP contribution in [0.15, 0.2) is 12.3 Å². The SMILES string of the molecule is Cc1ccnc(OC(F)(F)F)c1Cl. The minimum Gasteiger partial charge on any atom is -0.386 e. The van der Waals surface area contributed by atoms with E-state index in [1.165, 1.54) is 12.3 Å². The molecule has 0 bridgehead atoms. The maximum atomic E-state index is 11.7. The standard InChI is InChI=1S/C7H5ClF3NO/c1-4-2-3-12-6(5(4)8)13-7(9,10)11/h2-3H,1H3. The summed E-state index contributed by atoms with van der Waals surface area (Å²) in [7, 11) is 0. The summed E-state index contributed by atoms with van der Waals surface area (Å²) in [6.07, 6.45) is -3.56. The number of nitrogens with zero attached hydrogens (tertiary/aromatic N) is 1. The lowest BCUT2D eigenvalue weighted by atomic mass is 10.3. The van der Waals surface area contributed by atoms with Crippen molar-refractivity contribution in [2.45, 2.75) is 13.3 Å². The molecule has 0 unspecified atom stereocenters. The molecule has 0 saturated carbocycles. The van der Waals surface area contributed by atoms with Crippen LogP contribution in [0.5, 0.6) is 5.88 Å². The van der Waals surface area contributed by atoms with E-state index in [0.29, 0.717) is 5.56 Å². The maximum absolute atomic E-state index is 11.7. The van der Waals surface area contributed by atoms with Crippen LogP contribution < -0.4 is 4.74 Å². The van der Waals surface area contributed by atoms with Gasteiger partial charge in [-0.05, 0) is 18.6 Å². The molecule has 1 aromatic heterocycles. The lowest BCUT2D eigenvalue weighted by molar-refractivity contribution is -0.276. The number of hydrogen-bond acceptors (Lipinski definition) is 2. The van der Waals surface area contributed by atoms with Gasteiger partial charge in [0.2, 0.25) is 5.88 Å². The molecule has 0 radical (unpaired) electrons. The summed E-state index contributed by atoms with van der Waals surface area (Å²) < 4.78 is 38.8. The summed E-state index contributed by atoms with van der Waals surface area (Å²) in [5, 5.41) is -0.125. The molecule has 0 aliphatic carbocycles. The lowest BCUT2D eigenvalue weighted by Gasteiger charge is -2.09. The van der Waals surface area contributed by atoms with Gasteiger partial charge in [-0.1, -0.05) is 11.6 Å². The van der Waals surface area contributed by atoms with Gasteiger partial charge in [-0.15, -0.1) is 13.2 Å². The summed E-state index contributed by atoms with van der Waals surface area (Å²) in [6, 6.07) is 1.49. The van der Waals surface area contributed by atoms with Crippen LogP contribution in [0, 0.1) is 6.92 Å². The van der Waals surface area contributed by atoms with Crippen molar-refractivity contribution in [3.8, 4) is 5.88 Å². The minimum absolute atomic E-state index is 0.125. The topological polar surface area (TPSA) is 22.1 Å². The molecule has 0 fully saturated rings. The highest BCUT2D eigenvalue weighted by Gasteiger charge is 2.32. The Bertz CT molecular complexity index is 313. The Kier molecular flexibility index (Phi) is 2.66. The van der Waals surface area contributed by atoms with Crippen molar-refractivity contribution < 1.29 is 17.9 Å². The monoisotopic (exact) mass is 211 g/mol. The molecule has 1 rings (SSSR count). The lowest BCUT2D eigenvalue weighted by Crippen LogP contribution is -2.18. The average molecular weight is 212 g/mol. The van der Waals surface area contributed by atoms with Crippen molar-refractivity contribution in [1.29, 1.82) is 0 Å². The highest BCUT2D eigenvalue weighted by atomic mass is 35.5. The van der Waals surface area contributed by atoms with E-state index in [9.17, 15) is 13.2 Å². The Balaban J connectivity index is 2.96. The Morgan fingerprint density at radius 3 is 2.62 bits per heavy atom. The predicted molar refractivity (Wildman–Crippen MR) is 40.7 cm³/mol. The van der Waals surface area contributed by atoms with Gasteiger partial charge in [0, 0.05) is 6.20 Å². The van der Waals surface area contributed by atoms with E-state index >= 15 is 0 Å².